The van der Waals surface area contributed by atoms with Crippen molar-refractivity contribution in [2.45, 2.75) is 0 Å². The number of thiazole rings is 1. The number of aliphatic carboxylic acids is 1. The van der Waals surface area contributed by atoms with Gasteiger partial charge in [-0.1, -0.05) is 5.16 Å². The molecule has 3 N–H and O–H groups in total. The Morgan fingerprint density at radius 2 is 2.44 bits per heavy atom. The zero-order chi connectivity index (χ0) is 12.0. The average Bonchev–Trinajstić information content (AvgIpc) is 2.64. The summed E-state index contributed by atoms with van der Waals surface area (Å²) in [6, 6.07) is 0. The van der Waals surface area contributed by atoms with E-state index in [0.29, 0.717) is 6.29 Å². The summed E-state index contributed by atoms with van der Waals surface area (Å²) in [5.41, 5.74) is 5.34. The minimum absolute atomic E-state index is 0.177. The zero-order valence-corrected chi connectivity index (χ0v) is 8.68. The van der Waals surface area contributed by atoms with Crippen LogP contribution in [-0.2, 0) is 14.4 Å². The molecule has 0 aliphatic rings. The van der Waals surface area contributed by atoms with Crippen LogP contribution in [0.2, 0.25) is 0 Å². The van der Waals surface area contributed by atoms with Crippen LogP contribution in [0.5, 0.6) is 0 Å². The maximum Gasteiger partial charge on any atom is 0.341 e. The second-order valence-corrected chi connectivity index (χ2v) is 3.29. The van der Waals surface area contributed by atoms with E-state index in [1.807, 2.05) is 0 Å². The van der Waals surface area contributed by atoms with Crippen LogP contribution < -0.4 is 5.73 Å². The topological polar surface area (TPSA) is 115 Å². The van der Waals surface area contributed by atoms with Gasteiger partial charge in [0, 0.05) is 5.38 Å². The third-order valence-corrected chi connectivity index (χ3v) is 2.06. The molecule has 7 nitrogen and oxygen atoms in total. The Hall–Kier alpha value is -2.22. The Balaban J connectivity index is 2.87. The number of aromatic nitrogens is 1. The number of anilines is 1. The van der Waals surface area contributed by atoms with Gasteiger partial charge in [0.1, 0.15) is 18.0 Å². The number of hydrogen-bond acceptors (Lipinski definition) is 7. The number of nitrogens with zero attached hydrogens (tertiary/aromatic N) is 2. The van der Waals surface area contributed by atoms with E-state index in [2.05, 4.69) is 15.0 Å². The van der Waals surface area contributed by atoms with E-state index in [-0.39, 0.29) is 16.4 Å². The van der Waals surface area contributed by atoms with Gasteiger partial charge in [-0.2, -0.15) is 0 Å². The molecule has 8 heteroatoms. The van der Waals surface area contributed by atoms with E-state index in [1.54, 1.807) is 0 Å². The van der Waals surface area contributed by atoms with Crippen LogP contribution in [0.4, 0.5) is 5.13 Å². The fourth-order valence-corrected chi connectivity index (χ4v) is 1.34. The van der Waals surface area contributed by atoms with Gasteiger partial charge in [0.2, 0.25) is 0 Å². The van der Waals surface area contributed by atoms with Crippen LogP contribution in [0, 0.1) is 0 Å². The predicted molar refractivity (Wildman–Crippen MR) is 57.8 cm³/mol. The Labute approximate surface area is 93.8 Å². The molecule has 1 aromatic rings. The highest BCUT2D eigenvalue weighted by atomic mass is 32.1. The number of nitrogen functional groups attached to an aromatic ring is 1. The van der Waals surface area contributed by atoms with E-state index < -0.39 is 5.97 Å². The summed E-state index contributed by atoms with van der Waals surface area (Å²) >= 11 is 1.11. The summed E-state index contributed by atoms with van der Waals surface area (Å²) in [6.07, 6.45) is 2.11. The molecular weight excluding hydrogens is 234 g/mol. The van der Waals surface area contributed by atoms with E-state index in [1.165, 1.54) is 5.38 Å². The second kappa shape index (κ2) is 5.61. The fraction of sp³-hybridized carbons (Fsp3) is 0. The first-order valence-electron chi connectivity index (χ1n) is 3.93. The van der Waals surface area contributed by atoms with Crippen molar-refractivity contribution in [3.8, 4) is 0 Å². The van der Waals surface area contributed by atoms with Crippen LogP contribution in [0.1, 0.15) is 5.69 Å². The van der Waals surface area contributed by atoms with E-state index in [4.69, 9.17) is 10.8 Å². The highest BCUT2D eigenvalue weighted by Crippen LogP contribution is 2.19. The number of carboxylic acid groups (broad SMARTS) is 1. The van der Waals surface area contributed by atoms with Gasteiger partial charge < -0.3 is 15.7 Å². The standard InChI is InChI=1S/C8H7N3O4S/c9-8-11-6(4-16-8)5(7(13)14)3-15-10-1-2-12/h1-4H,(H2,9,11)(H,13,14). The Morgan fingerprint density at radius 3 is 2.94 bits per heavy atom. The van der Waals surface area contributed by atoms with E-state index in [0.717, 1.165) is 23.8 Å². The maximum absolute atomic E-state index is 10.8. The third-order valence-electron chi connectivity index (χ3n) is 1.38. The molecule has 16 heavy (non-hydrogen) atoms. The number of oxime groups is 1. The van der Waals surface area contributed by atoms with Gasteiger partial charge in [0.05, 0.1) is 5.69 Å². The van der Waals surface area contributed by atoms with Crippen LogP contribution in [0.25, 0.3) is 5.57 Å². The summed E-state index contributed by atoms with van der Waals surface area (Å²) in [7, 11) is 0. The Morgan fingerprint density at radius 1 is 1.69 bits per heavy atom. The van der Waals surface area contributed by atoms with Crippen molar-refractivity contribution in [1.82, 2.24) is 4.98 Å². The quantitative estimate of drug-likeness (QED) is 0.253. The van der Waals surface area contributed by atoms with Crippen molar-refractivity contribution in [1.29, 1.82) is 0 Å². The van der Waals surface area contributed by atoms with Gasteiger partial charge in [-0.05, 0) is 0 Å². The summed E-state index contributed by atoms with van der Waals surface area (Å²) in [4.78, 5) is 28.9. The molecule has 0 amide bonds. The molecule has 0 radical (unpaired) electrons. The predicted octanol–water partition coefficient (Wildman–Crippen LogP) is 0.352. The Kier molecular flexibility index (Phi) is 4.16. The van der Waals surface area contributed by atoms with Gasteiger partial charge in [0.25, 0.3) is 0 Å². The van der Waals surface area contributed by atoms with Crippen molar-refractivity contribution in [2.75, 3.05) is 5.73 Å². The summed E-state index contributed by atoms with van der Waals surface area (Å²) < 4.78 is 0. The lowest BCUT2D eigenvalue weighted by atomic mass is 10.2. The highest BCUT2D eigenvalue weighted by molar-refractivity contribution is 7.13. The lowest BCUT2D eigenvalue weighted by Crippen LogP contribution is -2.00. The SMILES string of the molecule is Nc1nc(C(=CON=CC=O)C(=O)O)cs1. The molecule has 84 valence electrons. The molecule has 1 heterocycles. The molecule has 0 fully saturated rings. The summed E-state index contributed by atoms with van der Waals surface area (Å²) in [6.45, 7) is 0. The van der Waals surface area contributed by atoms with Crippen molar-refractivity contribution in [3.05, 3.63) is 17.3 Å². The van der Waals surface area contributed by atoms with Gasteiger partial charge >= 0.3 is 5.97 Å². The molecule has 0 spiro atoms. The number of hydrogen-bond donors (Lipinski definition) is 2. The third kappa shape index (κ3) is 3.17. The molecule has 0 bridgehead atoms. The molecule has 0 aliphatic carbocycles. The molecular formula is C8H7N3O4S. The zero-order valence-electron chi connectivity index (χ0n) is 7.86. The fourth-order valence-electron chi connectivity index (χ4n) is 0.775. The first kappa shape index (κ1) is 11.9. The largest absolute Gasteiger partial charge is 0.477 e. The van der Waals surface area contributed by atoms with Crippen molar-refractivity contribution in [2.24, 2.45) is 5.16 Å². The lowest BCUT2D eigenvalue weighted by molar-refractivity contribution is -0.130. The first-order valence-corrected chi connectivity index (χ1v) is 4.81. The normalized spacial score (nSPS) is 11.6. The highest BCUT2D eigenvalue weighted by Gasteiger charge is 2.14. The van der Waals surface area contributed by atoms with Crippen molar-refractivity contribution < 1.29 is 19.5 Å². The summed E-state index contributed by atoms with van der Waals surface area (Å²) in [5.74, 6) is -1.23. The number of rotatable bonds is 5. The van der Waals surface area contributed by atoms with Gasteiger partial charge in [-0.15, -0.1) is 11.3 Å². The van der Waals surface area contributed by atoms with E-state index >= 15 is 0 Å². The van der Waals surface area contributed by atoms with Gasteiger partial charge in [-0.25, -0.2) is 9.78 Å². The number of aldehydes is 1. The minimum Gasteiger partial charge on any atom is -0.477 e. The molecule has 0 atom stereocenters. The van der Waals surface area contributed by atoms with E-state index in [9.17, 15) is 9.59 Å². The van der Waals surface area contributed by atoms with Crippen LogP contribution >= 0.6 is 11.3 Å². The number of carbonyl (C=O) groups is 2. The van der Waals surface area contributed by atoms with Crippen LogP contribution in [-0.4, -0.2) is 28.6 Å². The number of carbonyl (C=O) groups excluding carboxylic acids is 1. The van der Waals surface area contributed by atoms with Crippen molar-refractivity contribution in [3.63, 3.8) is 0 Å². The molecule has 0 saturated carbocycles. The van der Waals surface area contributed by atoms with Crippen LogP contribution in [0.15, 0.2) is 16.8 Å². The molecule has 0 unspecified atom stereocenters. The number of nitrogens with two attached hydrogens (primary N) is 1. The molecule has 1 rings (SSSR count). The number of carboxylic acids is 1. The van der Waals surface area contributed by atoms with Gasteiger partial charge in [-0.3, -0.25) is 4.79 Å². The lowest BCUT2D eigenvalue weighted by Gasteiger charge is -1.95. The molecule has 0 aromatic carbocycles. The monoisotopic (exact) mass is 241 g/mol. The first-order chi connectivity index (χ1) is 7.65. The smallest absolute Gasteiger partial charge is 0.341 e. The average molecular weight is 241 g/mol. The van der Waals surface area contributed by atoms with Gasteiger partial charge in [0.15, 0.2) is 11.4 Å². The second-order valence-electron chi connectivity index (χ2n) is 2.40. The van der Waals surface area contributed by atoms with Crippen LogP contribution in [0.3, 0.4) is 0 Å². The maximum atomic E-state index is 10.8. The molecule has 0 saturated heterocycles. The van der Waals surface area contributed by atoms with Crippen molar-refractivity contribution >= 4 is 40.5 Å². The molecule has 0 aliphatic heterocycles. The molecule has 1 aromatic heterocycles. The minimum atomic E-state index is -1.23. The summed E-state index contributed by atoms with van der Waals surface area (Å²) in [5, 5.41) is 13.7. The Bertz CT molecular complexity index is 452.